The van der Waals surface area contributed by atoms with Crippen LogP contribution in [0.4, 0.5) is 5.82 Å². The Kier molecular flexibility index (Phi) is 5.17. The van der Waals surface area contributed by atoms with Gasteiger partial charge in [-0.1, -0.05) is 30.3 Å². The lowest BCUT2D eigenvalue weighted by Gasteiger charge is -2.28. The summed E-state index contributed by atoms with van der Waals surface area (Å²) in [5.41, 5.74) is 4.90. The molecule has 3 aromatic rings. The lowest BCUT2D eigenvalue weighted by atomic mass is 10.1. The fourth-order valence-electron chi connectivity index (χ4n) is 4.15. The van der Waals surface area contributed by atoms with E-state index in [9.17, 15) is 4.79 Å². The highest BCUT2D eigenvalue weighted by Crippen LogP contribution is 2.29. The number of aryl methyl sites for hydroxylation is 1. The Morgan fingerprint density at radius 1 is 1.17 bits per heavy atom. The highest BCUT2D eigenvalue weighted by Gasteiger charge is 2.25. The number of benzene rings is 1. The van der Waals surface area contributed by atoms with E-state index >= 15 is 0 Å². The number of fused-ring (bicyclic) bond motifs is 1. The van der Waals surface area contributed by atoms with Crippen LogP contribution >= 0.6 is 0 Å². The minimum atomic E-state index is -0.00345. The Hall–Kier alpha value is -2.86. The van der Waals surface area contributed by atoms with Gasteiger partial charge in [-0.2, -0.15) is 0 Å². The first-order valence-corrected chi connectivity index (χ1v) is 10.8. The molecule has 1 saturated heterocycles. The molecule has 1 aromatic carbocycles. The van der Waals surface area contributed by atoms with Gasteiger partial charge in [0.15, 0.2) is 0 Å². The van der Waals surface area contributed by atoms with Crippen LogP contribution in [-0.2, 0) is 18.2 Å². The maximum Gasteiger partial charge on any atom is 0.253 e. The maximum atomic E-state index is 13.2. The van der Waals surface area contributed by atoms with Crippen LogP contribution in [0.15, 0.2) is 42.5 Å². The molecule has 1 N–H and O–H groups in total. The van der Waals surface area contributed by atoms with E-state index in [1.165, 1.54) is 18.4 Å². The van der Waals surface area contributed by atoms with E-state index in [2.05, 4.69) is 45.1 Å². The molecule has 5 rings (SSSR count). The maximum absolute atomic E-state index is 13.2. The molecule has 1 aliphatic heterocycles. The largest absolute Gasteiger partial charge is 0.378 e. The molecule has 0 spiro atoms. The van der Waals surface area contributed by atoms with Crippen LogP contribution in [0.1, 0.15) is 34.5 Å². The molecule has 1 amide bonds. The summed E-state index contributed by atoms with van der Waals surface area (Å²) >= 11 is 0. The summed E-state index contributed by atoms with van der Waals surface area (Å²) in [6.45, 7) is 3.74. The second-order valence-electron chi connectivity index (χ2n) is 8.37. The molecule has 1 saturated carbocycles. The number of carbonyl (C=O) groups is 1. The zero-order valence-corrected chi connectivity index (χ0v) is 17.4. The summed E-state index contributed by atoms with van der Waals surface area (Å²) in [7, 11) is 2.04. The zero-order chi connectivity index (χ0) is 20.5. The average Bonchev–Trinajstić information content (AvgIpc) is 3.57. The van der Waals surface area contributed by atoms with E-state index < -0.39 is 0 Å². The number of anilines is 1. The highest BCUT2D eigenvalue weighted by atomic mass is 16.5. The normalized spacial score (nSPS) is 16.8. The molecule has 6 nitrogen and oxygen atoms in total. The van der Waals surface area contributed by atoms with Crippen molar-refractivity contribution in [3.8, 4) is 0 Å². The van der Waals surface area contributed by atoms with Gasteiger partial charge in [0.1, 0.15) is 5.82 Å². The van der Waals surface area contributed by atoms with Gasteiger partial charge in [0.2, 0.25) is 0 Å². The number of hydrogen-bond donors (Lipinski definition) is 1. The zero-order valence-electron chi connectivity index (χ0n) is 17.4. The Morgan fingerprint density at radius 2 is 1.93 bits per heavy atom. The van der Waals surface area contributed by atoms with Gasteiger partial charge in [-0.3, -0.25) is 4.79 Å². The monoisotopic (exact) mass is 404 g/mol. The van der Waals surface area contributed by atoms with Crippen molar-refractivity contribution in [3.05, 3.63) is 59.3 Å². The first kappa shape index (κ1) is 19.1. The number of carbonyl (C=O) groups excluding carboxylic acids is 1. The molecule has 1 aliphatic carbocycles. The van der Waals surface area contributed by atoms with Crippen LogP contribution in [-0.4, -0.2) is 48.3 Å². The van der Waals surface area contributed by atoms with Gasteiger partial charge in [-0.05, 0) is 36.5 Å². The molecule has 3 heterocycles. The summed E-state index contributed by atoms with van der Waals surface area (Å²) in [5.74, 6) is 1.50. The predicted octanol–water partition coefficient (Wildman–Crippen LogP) is 3.14. The quantitative estimate of drug-likeness (QED) is 0.686. The van der Waals surface area contributed by atoms with Gasteiger partial charge < -0.3 is 19.5 Å². The summed E-state index contributed by atoms with van der Waals surface area (Å²) in [5, 5.41) is 3.15. The SMILES string of the molecule is Cn1c(Cc2ccccc2)cc2nc(N3CCOCC3)cc(C(=O)NCC3CC3)c21. The van der Waals surface area contributed by atoms with E-state index in [4.69, 9.17) is 9.72 Å². The standard InChI is InChI=1S/C24H28N4O2/c1-27-19(13-17-5-3-2-4-6-17)14-21-23(27)20(24(29)25-16-18-7-8-18)15-22(26-21)28-9-11-30-12-10-28/h2-6,14-15,18H,7-13,16H2,1H3,(H,25,29). The average molecular weight is 405 g/mol. The number of hydrogen-bond acceptors (Lipinski definition) is 4. The van der Waals surface area contributed by atoms with E-state index in [1.807, 2.05) is 19.2 Å². The second kappa shape index (κ2) is 8.11. The molecule has 2 fully saturated rings. The summed E-state index contributed by atoms with van der Waals surface area (Å²) in [4.78, 5) is 20.3. The van der Waals surface area contributed by atoms with Gasteiger partial charge in [-0.15, -0.1) is 0 Å². The fourth-order valence-corrected chi connectivity index (χ4v) is 4.15. The van der Waals surface area contributed by atoms with E-state index in [1.54, 1.807) is 0 Å². The van der Waals surface area contributed by atoms with Crippen LogP contribution < -0.4 is 10.2 Å². The van der Waals surface area contributed by atoms with Gasteiger partial charge in [0, 0.05) is 38.8 Å². The third-order valence-electron chi connectivity index (χ3n) is 6.13. The Balaban J connectivity index is 1.55. The van der Waals surface area contributed by atoms with Crippen LogP contribution in [0.2, 0.25) is 0 Å². The minimum Gasteiger partial charge on any atom is -0.378 e. The molecule has 30 heavy (non-hydrogen) atoms. The second-order valence-corrected chi connectivity index (χ2v) is 8.37. The first-order chi connectivity index (χ1) is 14.7. The van der Waals surface area contributed by atoms with Gasteiger partial charge >= 0.3 is 0 Å². The minimum absolute atomic E-state index is 0.00345. The Labute approximate surface area is 176 Å². The summed E-state index contributed by atoms with van der Waals surface area (Å²) < 4.78 is 7.62. The van der Waals surface area contributed by atoms with Crippen LogP contribution in [0.3, 0.4) is 0 Å². The van der Waals surface area contributed by atoms with Crippen molar-refractivity contribution in [2.24, 2.45) is 13.0 Å². The molecule has 0 unspecified atom stereocenters. The number of ether oxygens (including phenoxy) is 1. The Bertz CT molecular complexity index is 1050. The Morgan fingerprint density at radius 3 is 2.67 bits per heavy atom. The summed E-state index contributed by atoms with van der Waals surface area (Å²) in [6.07, 6.45) is 3.25. The fraction of sp³-hybridized carbons (Fsp3) is 0.417. The molecule has 0 radical (unpaired) electrons. The van der Waals surface area contributed by atoms with Crippen LogP contribution in [0, 0.1) is 5.92 Å². The van der Waals surface area contributed by atoms with Crippen molar-refractivity contribution in [1.82, 2.24) is 14.9 Å². The third-order valence-corrected chi connectivity index (χ3v) is 6.13. The van der Waals surface area contributed by atoms with Gasteiger partial charge in [0.25, 0.3) is 5.91 Å². The number of pyridine rings is 1. The van der Waals surface area contributed by atoms with Crippen molar-refractivity contribution < 1.29 is 9.53 Å². The number of nitrogens with zero attached hydrogens (tertiary/aromatic N) is 3. The third kappa shape index (κ3) is 3.92. The van der Waals surface area contributed by atoms with Gasteiger partial charge in [-0.25, -0.2) is 4.98 Å². The molecular weight excluding hydrogens is 376 g/mol. The van der Waals surface area contributed by atoms with Crippen molar-refractivity contribution in [3.63, 3.8) is 0 Å². The topological polar surface area (TPSA) is 59.4 Å². The number of rotatable bonds is 6. The number of aromatic nitrogens is 2. The molecule has 0 atom stereocenters. The van der Waals surface area contributed by atoms with Crippen molar-refractivity contribution >= 4 is 22.8 Å². The van der Waals surface area contributed by atoms with E-state index in [-0.39, 0.29) is 5.91 Å². The lowest BCUT2D eigenvalue weighted by Crippen LogP contribution is -2.37. The van der Waals surface area contributed by atoms with Gasteiger partial charge in [0.05, 0.1) is 29.8 Å². The van der Waals surface area contributed by atoms with E-state index in [0.29, 0.717) is 24.7 Å². The highest BCUT2D eigenvalue weighted by molar-refractivity contribution is 6.06. The molecular formula is C24H28N4O2. The van der Waals surface area contributed by atoms with Crippen molar-refractivity contribution in [1.29, 1.82) is 0 Å². The van der Waals surface area contributed by atoms with Crippen molar-refractivity contribution in [2.45, 2.75) is 19.3 Å². The number of nitrogens with one attached hydrogen (secondary N) is 1. The number of morpholine rings is 1. The molecule has 2 aliphatic rings. The molecule has 156 valence electrons. The predicted molar refractivity (Wildman–Crippen MR) is 118 cm³/mol. The molecule has 2 aromatic heterocycles. The lowest BCUT2D eigenvalue weighted by molar-refractivity contribution is 0.0953. The summed E-state index contributed by atoms with van der Waals surface area (Å²) in [6, 6.07) is 14.5. The smallest absolute Gasteiger partial charge is 0.253 e. The number of amides is 1. The van der Waals surface area contributed by atoms with Crippen LogP contribution in [0.25, 0.3) is 11.0 Å². The first-order valence-electron chi connectivity index (χ1n) is 10.8. The van der Waals surface area contributed by atoms with Crippen molar-refractivity contribution in [2.75, 3.05) is 37.7 Å². The molecule has 0 bridgehead atoms. The molecule has 6 heteroatoms. The van der Waals surface area contributed by atoms with E-state index in [0.717, 1.165) is 48.6 Å². The van der Waals surface area contributed by atoms with Crippen LogP contribution in [0.5, 0.6) is 0 Å².